The molecule has 1 aromatic carbocycles. The summed E-state index contributed by atoms with van der Waals surface area (Å²) in [6.45, 7) is 1.28. The van der Waals surface area contributed by atoms with E-state index in [4.69, 9.17) is 9.47 Å². The Morgan fingerprint density at radius 2 is 1.94 bits per heavy atom. The highest BCUT2D eigenvalue weighted by Crippen LogP contribution is 2.38. The first kappa shape index (κ1) is 20.9. The molecule has 0 aliphatic carbocycles. The van der Waals surface area contributed by atoms with E-state index < -0.39 is 0 Å². The van der Waals surface area contributed by atoms with Crippen LogP contribution in [0.15, 0.2) is 42.7 Å². The maximum absolute atomic E-state index is 13.1. The molecule has 1 aliphatic rings. The van der Waals surface area contributed by atoms with Crippen LogP contribution in [0, 0.1) is 0 Å². The van der Waals surface area contributed by atoms with Crippen molar-refractivity contribution >= 4 is 33.8 Å². The van der Waals surface area contributed by atoms with Crippen LogP contribution in [-0.4, -0.2) is 77.1 Å². The Hall–Kier alpha value is -4.01. The van der Waals surface area contributed by atoms with Crippen molar-refractivity contribution in [2.45, 2.75) is 6.54 Å². The Kier molecular flexibility index (Phi) is 5.16. The molecule has 170 valence electrons. The molecule has 0 spiro atoms. The van der Waals surface area contributed by atoms with Gasteiger partial charge in [-0.05, 0) is 24.3 Å². The third-order valence-corrected chi connectivity index (χ3v) is 6.18. The summed E-state index contributed by atoms with van der Waals surface area (Å²) in [5.74, 6) is 1.03. The van der Waals surface area contributed by atoms with Gasteiger partial charge in [-0.3, -0.25) is 9.59 Å². The number of nitrogens with zero attached hydrogens (tertiary/aromatic N) is 4. The van der Waals surface area contributed by atoms with Crippen LogP contribution < -0.4 is 9.47 Å². The average Bonchev–Trinajstić information content (AvgIpc) is 3.41. The molecule has 0 atom stereocenters. The van der Waals surface area contributed by atoms with E-state index in [0.717, 1.165) is 33.2 Å². The number of carbonyl (C=O) groups is 2. The summed E-state index contributed by atoms with van der Waals surface area (Å²) in [6, 6.07) is 9.73. The van der Waals surface area contributed by atoms with Gasteiger partial charge in [-0.1, -0.05) is 0 Å². The number of hydrogen-bond donors (Lipinski definition) is 1. The molecule has 1 N–H and O–H groups in total. The van der Waals surface area contributed by atoms with E-state index in [9.17, 15) is 9.59 Å². The van der Waals surface area contributed by atoms with Gasteiger partial charge in [-0.15, -0.1) is 0 Å². The predicted molar refractivity (Wildman–Crippen MR) is 124 cm³/mol. The van der Waals surface area contributed by atoms with Crippen LogP contribution in [0.1, 0.15) is 0 Å². The Morgan fingerprint density at radius 1 is 1.15 bits per heavy atom. The zero-order valence-electron chi connectivity index (χ0n) is 18.8. The zero-order chi connectivity index (χ0) is 23.1. The molecule has 0 saturated carbocycles. The Bertz CT molecular complexity index is 1340. The summed E-state index contributed by atoms with van der Waals surface area (Å²) in [7, 11) is 4.94. The molecule has 33 heavy (non-hydrogen) atoms. The van der Waals surface area contributed by atoms with Gasteiger partial charge in [0.2, 0.25) is 11.8 Å². The lowest BCUT2D eigenvalue weighted by molar-refractivity contribution is -0.144. The minimum Gasteiger partial charge on any atom is -0.493 e. The maximum Gasteiger partial charge on any atom is 0.243 e. The number of piperazine rings is 1. The number of ether oxygens (including phenoxy) is 2. The van der Waals surface area contributed by atoms with Crippen molar-refractivity contribution in [1.82, 2.24) is 24.3 Å². The number of benzene rings is 1. The fourth-order valence-corrected chi connectivity index (χ4v) is 4.28. The van der Waals surface area contributed by atoms with E-state index in [2.05, 4.69) is 9.97 Å². The number of aromatic nitrogens is 3. The Morgan fingerprint density at radius 3 is 2.67 bits per heavy atom. The summed E-state index contributed by atoms with van der Waals surface area (Å²) in [4.78, 5) is 36.2. The second-order valence-electron chi connectivity index (χ2n) is 8.15. The van der Waals surface area contributed by atoms with Crippen LogP contribution in [0.4, 0.5) is 0 Å². The molecular formula is C24H25N5O4. The van der Waals surface area contributed by atoms with Crippen molar-refractivity contribution < 1.29 is 19.1 Å². The van der Waals surface area contributed by atoms with Gasteiger partial charge in [-0.25, -0.2) is 4.98 Å². The van der Waals surface area contributed by atoms with Crippen molar-refractivity contribution in [3.05, 3.63) is 42.7 Å². The quantitative estimate of drug-likeness (QED) is 0.508. The molecule has 4 heterocycles. The highest BCUT2D eigenvalue weighted by molar-refractivity contribution is 6.00. The Labute approximate surface area is 190 Å². The topological polar surface area (TPSA) is 92.7 Å². The van der Waals surface area contributed by atoms with E-state index in [1.165, 1.54) is 0 Å². The predicted octanol–water partition coefficient (Wildman–Crippen LogP) is 2.50. The van der Waals surface area contributed by atoms with E-state index in [-0.39, 0.29) is 24.9 Å². The van der Waals surface area contributed by atoms with Crippen molar-refractivity contribution in [1.29, 1.82) is 0 Å². The summed E-state index contributed by atoms with van der Waals surface area (Å²) >= 11 is 0. The molecule has 3 aromatic heterocycles. The van der Waals surface area contributed by atoms with Crippen LogP contribution >= 0.6 is 0 Å². The van der Waals surface area contributed by atoms with Crippen molar-refractivity contribution in [2.24, 2.45) is 0 Å². The highest BCUT2D eigenvalue weighted by Gasteiger charge is 2.26. The first-order valence-corrected chi connectivity index (χ1v) is 10.7. The molecule has 1 fully saturated rings. The third-order valence-electron chi connectivity index (χ3n) is 6.18. The number of pyridine rings is 1. The van der Waals surface area contributed by atoms with E-state index in [1.54, 1.807) is 37.3 Å². The molecule has 9 nitrogen and oxygen atoms in total. The van der Waals surface area contributed by atoms with Gasteiger partial charge in [0.25, 0.3) is 0 Å². The van der Waals surface area contributed by atoms with Crippen molar-refractivity contribution in [2.75, 3.05) is 40.9 Å². The Balaban J connectivity index is 1.59. The largest absolute Gasteiger partial charge is 0.493 e. The number of H-pyrrole nitrogens is 1. The third kappa shape index (κ3) is 3.65. The van der Waals surface area contributed by atoms with E-state index in [0.29, 0.717) is 24.6 Å². The molecule has 0 bridgehead atoms. The molecule has 5 rings (SSSR count). The van der Waals surface area contributed by atoms with Gasteiger partial charge >= 0.3 is 0 Å². The lowest BCUT2D eigenvalue weighted by Crippen LogP contribution is -2.51. The second kappa shape index (κ2) is 8.16. The average molecular weight is 447 g/mol. The molecule has 9 heteroatoms. The minimum absolute atomic E-state index is 0.0513. The van der Waals surface area contributed by atoms with Crippen molar-refractivity contribution in [3.8, 4) is 22.8 Å². The summed E-state index contributed by atoms with van der Waals surface area (Å²) in [5, 5.41) is 1.92. The molecule has 0 radical (unpaired) electrons. The van der Waals surface area contributed by atoms with Crippen molar-refractivity contribution in [3.63, 3.8) is 0 Å². The number of hydrogen-bond acceptors (Lipinski definition) is 5. The molecule has 1 aliphatic heterocycles. The van der Waals surface area contributed by atoms with Gasteiger partial charge in [-0.2, -0.15) is 0 Å². The van der Waals surface area contributed by atoms with Crippen LogP contribution in [0.3, 0.4) is 0 Å². The van der Waals surface area contributed by atoms with Gasteiger partial charge in [0, 0.05) is 60.6 Å². The number of aromatic amines is 1. The standard InChI is InChI=1S/C24H25N5O4/c1-27-7-8-28(13-22(27)30)23(31)14-29-12-17(18-9-15-5-4-6-25-24(15)26-18)16-10-20(32-2)21(33-3)11-19(16)29/h4-6,9-12H,7-8,13-14H2,1-3H3,(H,25,26). The molecular weight excluding hydrogens is 422 g/mol. The normalized spacial score (nSPS) is 14.3. The van der Waals surface area contributed by atoms with E-state index >= 15 is 0 Å². The SMILES string of the molecule is COc1cc2c(-c3cc4cccnc4[nH]3)cn(CC(=O)N3CCN(C)C(=O)C3)c2cc1OC. The molecule has 0 unspecified atom stereocenters. The minimum atomic E-state index is -0.104. The van der Waals surface area contributed by atoms with Gasteiger partial charge in [0.05, 0.1) is 26.3 Å². The lowest BCUT2D eigenvalue weighted by Gasteiger charge is -2.32. The lowest BCUT2D eigenvalue weighted by atomic mass is 10.1. The first-order valence-electron chi connectivity index (χ1n) is 10.7. The highest BCUT2D eigenvalue weighted by atomic mass is 16.5. The number of likely N-dealkylation sites (N-methyl/N-ethyl adjacent to an activating group) is 1. The number of methoxy groups -OCH3 is 2. The zero-order valence-corrected chi connectivity index (χ0v) is 18.8. The summed E-state index contributed by atoms with van der Waals surface area (Å²) in [5.41, 5.74) is 3.44. The smallest absolute Gasteiger partial charge is 0.243 e. The molecule has 4 aromatic rings. The van der Waals surface area contributed by atoms with Gasteiger partial charge in [0.15, 0.2) is 11.5 Å². The summed E-state index contributed by atoms with van der Waals surface area (Å²) in [6.07, 6.45) is 3.69. The van der Waals surface area contributed by atoms with Crippen LogP contribution in [0.5, 0.6) is 11.5 Å². The van der Waals surface area contributed by atoms with Gasteiger partial charge in [0.1, 0.15) is 12.2 Å². The fourth-order valence-electron chi connectivity index (χ4n) is 4.28. The van der Waals surface area contributed by atoms with Crippen LogP contribution in [-0.2, 0) is 16.1 Å². The fraction of sp³-hybridized carbons (Fsp3) is 0.292. The second-order valence-corrected chi connectivity index (χ2v) is 8.15. The van der Waals surface area contributed by atoms with Crippen LogP contribution in [0.25, 0.3) is 33.2 Å². The summed E-state index contributed by atoms with van der Waals surface area (Å²) < 4.78 is 12.9. The van der Waals surface area contributed by atoms with E-state index in [1.807, 2.05) is 41.1 Å². The van der Waals surface area contributed by atoms with Crippen LogP contribution in [0.2, 0.25) is 0 Å². The maximum atomic E-state index is 13.1. The number of carbonyl (C=O) groups excluding carboxylic acids is 2. The number of rotatable bonds is 5. The molecule has 1 saturated heterocycles. The monoisotopic (exact) mass is 447 g/mol. The number of amides is 2. The van der Waals surface area contributed by atoms with Gasteiger partial charge < -0.3 is 28.8 Å². The molecule has 2 amide bonds. The number of nitrogens with one attached hydrogen (secondary N) is 1. The number of fused-ring (bicyclic) bond motifs is 2. The first-order chi connectivity index (χ1) is 16.0.